The van der Waals surface area contributed by atoms with Crippen molar-refractivity contribution in [1.82, 2.24) is 0 Å². The smallest absolute Gasteiger partial charge is 0.158 e. The molecule has 2 aliphatic carbocycles. The van der Waals surface area contributed by atoms with Gasteiger partial charge in [-0.2, -0.15) is 0 Å². The van der Waals surface area contributed by atoms with Crippen molar-refractivity contribution in [2.75, 3.05) is 0 Å². The lowest BCUT2D eigenvalue weighted by atomic mass is 9.66. The van der Waals surface area contributed by atoms with Crippen LogP contribution in [0.1, 0.15) is 32.6 Å². The Kier molecular flexibility index (Phi) is 2.11. The fraction of sp³-hybridized carbons (Fsp3) is 0.583. The molecule has 0 aromatic carbocycles. The molecule has 0 amide bonds. The molecule has 14 heavy (non-hydrogen) atoms. The molecule has 0 saturated heterocycles. The fourth-order valence-electron chi connectivity index (χ4n) is 2.81. The molecule has 2 nitrogen and oxygen atoms in total. The van der Waals surface area contributed by atoms with Crippen molar-refractivity contribution in [1.29, 1.82) is 0 Å². The van der Waals surface area contributed by atoms with Crippen molar-refractivity contribution < 1.29 is 9.90 Å². The van der Waals surface area contributed by atoms with E-state index in [1.807, 2.05) is 6.92 Å². The van der Waals surface area contributed by atoms with E-state index in [4.69, 9.17) is 0 Å². The predicted octanol–water partition coefficient (Wildman–Crippen LogP) is 1.99. The zero-order valence-corrected chi connectivity index (χ0v) is 8.55. The largest absolute Gasteiger partial charge is 0.388 e. The van der Waals surface area contributed by atoms with E-state index in [1.165, 1.54) is 0 Å². The highest BCUT2D eigenvalue weighted by molar-refractivity contribution is 5.92. The molecule has 0 radical (unpaired) electrons. The van der Waals surface area contributed by atoms with Crippen molar-refractivity contribution >= 4 is 5.78 Å². The molecule has 0 aliphatic heterocycles. The van der Waals surface area contributed by atoms with Crippen LogP contribution in [0.15, 0.2) is 23.8 Å². The molecule has 2 rings (SSSR count). The number of ketones is 1. The van der Waals surface area contributed by atoms with Gasteiger partial charge < -0.3 is 5.11 Å². The number of rotatable bonds is 0. The van der Waals surface area contributed by atoms with Gasteiger partial charge in [-0.1, -0.05) is 17.7 Å². The number of hydrogen-bond acceptors (Lipinski definition) is 2. The molecule has 2 aliphatic rings. The Balaban J connectivity index is 2.34. The zero-order chi connectivity index (χ0) is 10.3. The Morgan fingerprint density at radius 2 is 2.29 bits per heavy atom. The van der Waals surface area contributed by atoms with E-state index in [0.717, 1.165) is 24.0 Å². The second-order valence-electron chi connectivity index (χ2n) is 4.65. The molecule has 76 valence electrons. The lowest BCUT2D eigenvalue weighted by molar-refractivity contribution is -0.124. The number of aliphatic hydroxyl groups is 1. The monoisotopic (exact) mass is 192 g/mol. The molecular formula is C12H16O2. The van der Waals surface area contributed by atoms with Crippen LogP contribution < -0.4 is 0 Å². The molecule has 1 saturated carbocycles. The van der Waals surface area contributed by atoms with Crippen molar-refractivity contribution in [2.24, 2.45) is 5.92 Å². The van der Waals surface area contributed by atoms with E-state index in [9.17, 15) is 9.90 Å². The number of fused-ring (bicyclic) bond motifs is 1. The molecule has 0 aromatic heterocycles. The molecule has 0 unspecified atom stereocenters. The van der Waals surface area contributed by atoms with Crippen LogP contribution >= 0.6 is 0 Å². The van der Waals surface area contributed by atoms with Crippen molar-refractivity contribution in [3.63, 3.8) is 0 Å². The summed E-state index contributed by atoms with van der Waals surface area (Å²) >= 11 is 0. The van der Waals surface area contributed by atoms with Crippen molar-refractivity contribution in [2.45, 2.75) is 38.2 Å². The Bertz CT molecular complexity index is 327. The summed E-state index contributed by atoms with van der Waals surface area (Å²) in [6, 6.07) is 0. The highest BCUT2D eigenvalue weighted by Crippen LogP contribution is 2.44. The standard InChI is InChI=1S/C12H16O2/c1-8-3-4-11-9(2)5-10(13)7-12(11,14)6-8/h5,11,14H,1,3-4,6-7H2,2H3/t11-,12+/m1/s1. The zero-order valence-electron chi connectivity index (χ0n) is 8.55. The van der Waals surface area contributed by atoms with Crippen LogP contribution in [-0.4, -0.2) is 16.5 Å². The Morgan fingerprint density at radius 3 is 3.00 bits per heavy atom. The number of hydrogen-bond donors (Lipinski definition) is 1. The number of carbonyl (C=O) groups is 1. The summed E-state index contributed by atoms with van der Waals surface area (Å²) in [6.07, 6.45) is 4.47. The third kappa shape index (κ3) is 1.44. The molecule has 2 atom stereocenters. The minimum absolute atomic E-state index is 0.0518. The summed E-state index contributed by atoms with van der Waals surface area (Å²) in [5, 5.41) is 10.4. The van der Waals surface area contributed by atoms with E-state index < -0.39 is 5.60 Å². The summed E-state index contributed by atoms with van der Waals surface area (Å²) < 4.78 is 0. The fourth-order valence-corrected chi connectivity index (χ4v) is 2.81. The Hall–Kier alpha value is -0.890. The van der Waals surface area contributed by atoms with Gasteiger partial charge in [-0.25, -0.2) is 0 Å². The summed E-state index contributed by atoms with van der Waals surface area (Å²) in [7, 11) is 0. The maximum Gasteiger partial charge on any atom is 0.158 e. The van der Waals surface area contributed by atoms with Crippen LogP contribution in [0.25, 0.3) is 0 Å². The second-order valence-corrected chi connectivity index (χ2v) is 4.65. The SMILES string of the molecule is C=C1CC[C@@H]2C(C)=CC(=O)C[C@@]2(O)C1. The van der Waals surface area contributed by atoms with E-state index in [1.54, 1.807) is 6.08 Å². The minimum Gasteiger partial charge on any atom is -0.388 e. The van der Waals surface area contributed by atoms with Crippen LogP contribution in [0.5, 0.6) is 0 Å². The first-order chi connectivity index (χ1) is 6.51. The topological polar surface area (TPSA) is 37.3 Å². The van der Waals surface area contributed by atoms with Crippen molar-refractivity contribution in [3.05, 3.63) is 23.8 Å². The molecule has 0 bridgehead atoms. The van der Waals surface area contributed by atoms with Crippen LogP contribution in [-0.2, 0) is 4.79 Å². The quantitative estimate of drug-likeness (QED) is 0.596. The molecule has 1 N–H and O–H groups in total. The van der Waals surface area contributed by atoms with Gasteiger partial charge >= 0.3 is 0 Å². The summed E-state index contributed by atoms with van der Waals surface area (Å²) in [6.45, 7) is 5.85. The average Bonchev–Trinajstić information content (AvgIpc) is 1.99. The maximum absolute atomic E-state index is 11.4. The normalized spacial score (nSPS) is 37.9. The van der Waals surface area contributed by atoms with E-state index in [2.05, 4.69) is 6.58 Å². The molecular weight excluding hydrogens is 176 g/mol. The summed E-state index contributed by atoms with van der Waals surface area (Å²) in [5.74, 6) is 0.224. The van der Waals surface area contributed by atoms with Gasteiger partial charge in [0.15, 0.2) is 5.78 Å². The van der Waals surface area contributed by atoms with Crippen LogP contribution in [0.4, 0.5) is 0 Å². The third-order valence-electron chi connectivity index (χ3n) is 3.41. The van der Waals surface area contributed by atoms with Crippen LogP contribution in [0.3, 0.4) is 0 Å². The van der Waals surface area contributed by atoms with Gasteiger partial charge in [0.2, 0.25) is 0 Å². The maximum atomic E-state index is 11.4. The molecule has 0 heterocycles. The van der Waals surface area contributed by atoms with E-state index in [0.29, 0.717) is 6.42 Å². The number of carbonyl (C=O) groups excluding carboxylic acids is 1. The molecule has 0 spiro atoms. The van der Waals surface area contributed by atoms with Crippen molar-refractivity contribution in [3.8, 4) is 0 Å². The summed E-state index contributed by atoms with van der Waals surface area (Å²) in [4.78, 5) is 11.4. The summed E-state index contributed by atoms with van der Waals surface area (Å²) in [5.41, 5.74) is 1.29. The first kappa shape index (κ1) is 9.66. The second kappa shape index (κ2) is 3.06. The molecule has 2 heteroatoms. The molecule has 0 aromatic rings. The highest BCUT2D eigenvalue weighted by Gasteiger charge is 2.44. The Morgan fingerprint density at radius 1 is 1.57 bits per heavy atom. The van der Waals surface area contributed by atoms with Gasteiger partial charge in [0.25, 0.3) is 0 Å². The average molecular weight is 192 g/mol. The lowest BCUT2D eigenvalue weighted by Crippen LogP contribution is -2.45. The minimum atomic E-state index is -0.828. The lowest BCUT2D eigenvalue weighted by Gasteiger charge is -2.43. The van der Waals surface area contributed by atoms with Gasteiger partial charge in [0.05, 0.1) is 5.60 Å². The van der Waals surface area contributed by atoms with E-state index in [-0.39, 0.29) is 18.1 Å². The van der Waals surface area contributed by atoms with Gasteiger partial charge in [0.1, 0.15) is 0 Å². The predicted molar refractivity (Wildman–Crippen MR) is 54.8 cm³/mol. The number of allylic oxidation sites excluding steroid dienone is 1. The van der Waals surface area contributed by atoms with Crippen LogP contribution in [0.2, 0.25) is 0 Å². The van der Waals surface area contributed by atoms with Gasteiger partial charge in [-0.3, -0.25) is 4.79 Å². The van der Waals surface area contributed by atoms with Gasteiger partial charge in [0, 0.05) is 12.3 Å². The molecule has 1 fully saturated rings. The highest BCUT2D eigenvalue weighted by atomic mass is 16.3. The Labute approximate surface area is 84.3 Å². The van der Waals surface area contributed by atoms with Gasteiger partial charge in [-0.05, 0) is 32.3 Å². The van der Waals surface area contributed by atoms with Gasteiger partial charge in [-0.15, -0.1) is 0 Å². The first-order valence-corrected chi connectivity index (χ1v) is 5.11. The third-order valence-corrected chi connectivity index (χ3v) is 3.41. The first-order valence-electron chi connectivity index (χ1n) is 5.11. The van der Waals surface area contributed by atoms with E-state index >= 15 is 0 Å². The van der Waals surface area contributed by atoms with Crippen LogP contribution in [0, 0.1) is 5.92 Å².